The van der Waals surface area contributed by atoms with Gasteiger partial charge in [0, 0.05) is 19.0 Å². The Kier molecular flexibility index (Phi) is 5.58. The monoisotopic (exact) mass is 252 g/mol. The Hall–Kier alpha value is -0.940. The highest BCUT2D eigenvalue weighted by Crippen LogP contribution is 2.21. The number of nitrogens with one attached hydrogen (secondary N) is 2. The molecule has 0 saturated heterocycles. The molecule has 1 saturated carbocycles. The van der Waals surface area contributed by atoms with E-state index in [1.54, 1.807) is 0 Å². The lowest BCUT2D eigenvalue weighted by atomic mass is 10.2. The number of alkyl halides is 3. The maximum atomic E-state index is 11.8. The van der Waals surface area contributed by atoms with Crippen LogP contribution in [-0.2, 0) is 0 Å². The van der Waals surface area contributed by atoms with E-state index >= 15 is 0 Å². The SMILES string of the molecule is O=C(NCCCCC(F)(F)F)NC1CCCC1. The summed E-state index contributed by atoms with van der Waals surface area (Å²) in [6.45, 7) is 0.300. The fourth-order valence-electron chi connectivity index (χ4n) is 1.96. The van der Waals surface area contributed by atoms with Crippen LogP contribution in [-0.4, -0.2) is 24.8 Å². The van der Waals surface area contributed by atoms with Crippen LogP contribution in [0.3, 0.4) is 0 Å². The molecule has 100 valence electrons. The molecule has 0 radical (unpaired) electrons. The van der Waals surface area contributed by atoms with Gasteiger partial charge in [-0.15, -0.1) is 0 Å². The minimum absolute atomic E-state index is 0.0627. The molecule has 0 atom stereocenters. The van der Waals surface area contributed by atoms with Crippen molar-refractivity contribution in [2.45, 2.75) is 57.2 Å². The standard InChI is InChI=1S/C11H19F3N2O/c12-11(13,14)7-3-4-8-15-10(17)16-9-5-1-2-6-9/h9H,1-8H2,(H2,15,16,17). The molecular weight excluding hydrogens is 233 g/mol. The van der Waals surface area contributed by atoms with E-state index in [0.29, 0.717) is 13.0 Å². The summed E-state index contributed by atoms with van der Waals surface area (Å²) < 4.78 is 35.4. The maximum absolute atomic E-state index is 11.8. The van der Waals surface area contributed by atoms with Gasteiger partial charge in [0.1, 0.15) is 0 Å². The highest BCUT2D eigenvalue weighted by atomic mass is 19.4. The summed E-state index contributed by atoms with van der Waals surface area (Å²) in [5, 5.41) is 5.39. The number of hydrogen-bond acceptors (Lipinski definition) is 1. The van der Waals surface area contributed by atoms with E-state index in [2.05, 4.69) is 10.6 Å². The zero-order valence-corrected chi connectivity index (χ0v) is 9.78. The molecule has 0 aromatic heterocycles. The molecule has 0 aromatic carbocycles. The van der Waals surface area contributed by atoms with Crippen molar-refractivity contribution >= 4 is 6.03 Å². The fourth-order valence-corrected chi connectivity index (χ4v) is 1.96. The minimum atomic E-state index is -4.09. The van der Waals surface area contributed by atoms with Gasteiger partial charge in [-0.25, -0.2) is 4.79 Å². The fraction of sp³-hybridized carbons (Fsp3) is 0.909. The summed E-state index contributed by atoms with van der Waals surface area (Å²) in [7, 11) is 0. The van der Waals surface area contributed by atoms with Crippen LogP contribution in [0.2, 0.25) is 0 Å². The van der Waals surface area contributed by atoms with E-state index in [4.69, 9.17) is 0 Å². The van der Waals surface area contributed by atoms with Gasteiger partial charge in [0.2, 0.25) is 0 Å². The van der Waals surface area contributed by atoms with Gasteiger partial charge in [-0.2, -0.15) is 13.2 Å². The molecule has 1 rings (SSSR count). The maximum Gasteiger partial charge on any atom is 0.389 e. The van der Waals surface area contributed by atoms with Gasteiger partial charge in [-0.05, 0) is 25.7 Å². The minimum Gasteiger partial charge on any atom is -0.338 e. The molecule has 1 aliphatic rings. The molecular formula is C11H19F3N2O. The molecule has 1 aliphatic carbocycles. The average molecular weight is 252 g/mol. The zero-order chi connectivity index (χ0) is 12.7. The molecule has 0 aliphatic heterocycles. The van der Waals surface area contributed by atoms with E-state index in [-0.39, 0.29) is 18.5 Å². The van der Waals surface area contributed by atoms with Crippen LogP contribution in [0.15, 0.2) is 0 Å². The van der Waals surface area contributed by atoms with E-state index in [1.165, 1.54) is 0 Å². The summed E-state index contributed by atoms with van der Waals surface area (Å²) in [6, 6.07) is -0.0194. The third-order valence-corrected chi connectivity index (χ3v) is 2.86. The van der Waals surface area contributed by atoms with Crippen molar-refractivity contribution in [3.63, 3.8) is 0 Å². The molecule has 0 spiro atoms. The van der Waals surface area contributed by atoms with Crippen molar-refractivity contribution in [3.05, 3.63) is 0 Å². The smallest absolute Gasteiger partial charge is 0.338 e. The summed E-state index contributed by atoms with van der Waals surface area (Å²) in [5.41, 5.74) is 0. The molecule has 1 fully saturated rings. The van der Waals surface area contributed by atoms with Crippen LogP contribution in [0, 0.1) is 0 Å². The molecule has 0 heterocycles. The van der Waals surface area contributed by atoms with Crippen LogP contribution >= 0.6 is 0 Å². The first-order valence-corrected chi connectivity index (χ1v) is 6.08. The van der Waals surface area contributed by atoms with Crippen molar-refractivity contribution in [2.24, 2.45) is 0 Å². The highest BCUT2D eigenvalue weighted by molar-refractivity contribution is 5.74. The van der Waals surface area contributed by atoms with Crippen molar-refractivity contribution in [3.8, 4) is 0 Å². The van der Waals surface area contributed by atoms with Crippen molar-refractivity contribution in [1.82, 2.24) is 10.6 Å². The quantitative estimate of drug-likeness (QED) is 0.726. The van der Waals surface area contributed by atoms with Gasteiger partial charge in [0.25, 0.3) is 0 Å². The topological polar surface area (TPSA) is 41.1 Å². The third-order valence-electron chi connectivity index (χ3n) is 2.86. The van der Waals surface area contributed by atoms with Crippen molar-refractivity contribution in [2.75, 3.05) is 6.54 Å². The van der Waals surface area contributed by atoms with Crippen LogP contribution in [0.4, 0.5) is 18.0 Å². The Morgan fingerprint density at radius 3 is 2.41 bits per heavy atom. The first-order valence-electron chi connectivity index (χ1n) is 6.08. The predicted molar refractivity (Wildman–Crippen MR) is 58.7 cm³/mol. The number of urea groups is 1. The van der Waals surface area contributed by atoms with Crippen LogP contribution in [0.25, 0.3) is 0 Å². The molecule has 0 aromatic rings. The summed E-state index contributed by atoms with van der Waals surface area (Å²) in [4.78, 5) is 11.3. The molecule has 17 heavy (non-hydrogen) atoms. The van der Waals surface area contributed by atoms with Crippen molar-refractivity contribution in [1.29, 1.82) is 0 Å². The Bertz CT molecular complexity index is 237. The van der Waals surface area contributed by atoms with Crippen LogP contribution in [0.5, 0.6) is 0 Å². The molecule has 2 amide bonds. The second-order valence-electron chi connectivity index (χ2n) is 4.45. The second kappa shape index (κ2) is 6.71. The van der Waals surface area contributed by atoms with Crippen molar-refractivity contribution < 1.29 is 18.0 Å². The Labute approximate surface area is 99.1 Å². The van der Waals surface area contributed by atoms with Crippen LogP contribution < -0.4 is 10.6 Å². The second-order valence-corrected chi connectivity index (χ2v) is 4.45. The van der Waals surface area contributed by atoms with Gasteiger partial charge in [-0.3, -0.25) is 0 Å². The lowest BCUT2D eigenvalue weighted by Gasteiger charge is -2.13. The third kappa shape index (κ3) is 7.07. The number of carbonyl (C=O) groups excluding carboxylic acids is 1. The highest BCUT2D eigenvalue weighted by Gasteiger charge is 2.25. The lowest BCUT2D eigenvalue weighted by Crippen LogP contribution is -2.41. The molecule has 0 bridgehead atoms. The normalized spacial score (nSPS) is 17.1. The molecule has 2 N–H and O–H groups in total. The zero-order valence-electron chi connectivity index (χ0n) is 9.78. The van der Waals surface area contributed by atoms with Gasteiger partial charge in [-0.1, -0.05) is 12.8 Å². The number of unbranched alkanes of at least 4 members (excludes halogenated alkanes) is 1. The van der Waals surface area contributed by atoms with E-state index in [1.807, 2.05) is 0 Å². The summed E-state index contributed by atoms with van der Waals surface area (Å²) >= 11 is 0. The van der Waals surface area contributed by atoms with Gasteiger partial charge in [0.15, 0.2) is 0 Å². The summed E-state index contributed by atoms with van der Waals surface area (Å²) in [5.74, 6) is 0. The Morgan fingerprint density at radius 1 is 1.18 bits per heavy atom. The van der Waals surface area contributed by atoms with E-state index in [0.717, 1.165) is 25.7 Å². The predicted octanol–water partition coefficient (Wildman–Crippen LogP) is 2.96. The molecule has 0 unspecified atom stereocenters. The van der Waals surface area contributed by atoms with Gasteiger partial charge in [0.05, 0.1) is 0 Å². The van der Waals surface area contributed by atoms with E-state index in [9.17, 15) is 18.0 Å². The number of halogens is 3. The lowest BCUT2D eigenvalue weighted by molar-refractivity contribution is -0.135. The molecule has 6 heteroatoms. The Morgan fingerprint density at radius 2 is 1.82 bits per heavy atom. The average Bonchev–Trinajstić information content (AvgIpc) is 2.68. The summed E-state index contributed by atoms with van der Waals surface area (Å²) in [6.07, 6.45) is -0.175. The van der Waals surface area contributed by atoms with Crippen LogP contribution in [0.1, 0.15) is 44.9 Å². The first kappa shape index (κ1) is 14.1. The van der Waals surface area contributed by atoms with Gasteiger partial charge < -0.3 is 10.6 Å². The van der Waals surface area contributed by atoms with E-state index < -0.39 is 12.6 Å². The van der Waals surface area contributed by atoms with Gasteiger partial charge >= 0.3 is 12.2 Å². The molecule has 3 nitrogen and oxygen atoms in total. The first-order chi connectivity index (χ1) is 7.97. The number of amides is 2. The Balaban J connectivity index is 1.96. The number of rotatable bonds is 5. The number of carbonyl (C=O) groups is 1. The largest absolute Gasteiger partial charge is 0.389 e. The number of hydrogen-bond donors (Lipinski definition) is 2.